The van der Waals surface area contributed by atoms with Crippen LogP contribution in [-0.4, -0.2) is 9.97 Å². The molecule has 0 aliphatic carbocycles. The zero-order valence-electron chi connectivity index (χ0n) is 15.3. The molecule has 0 unspecified atom stereocenters. The van der Waals surface area contributed by atoms with E-state index in [2.05, 4.69) is 65.9 Å². The molecule has 0 aliphatic rings. The lowest BCUT2D eigenvalue weighted by Crippen LogP contribution is -2.86. The van der Waals surface area contributed by atoms with Gasteiger partial charge in [0.05, 0.1) is 15.8 Å². The van der Waals surface area contributed by atoms with Gasteiger partial charge < -0.3 is 10.3 Å². The fourth-order valence-corrected chi connectivity index (χ4v) is 4.14. The van der Waals surface area contributed by atoms with Gasteiger partial charge in [0.15, 0.2) is 5.82 Å². The summed E-state index contributed by atoms with van der Waals surface area (Å²) in [5.41, 5.74) is 3.15. The normalized spacial score (nSPS) is 13.6. The number of aryl methyl sites for hydroxylation is 1. The van der Waals surface area contributed by atoms with Crippen molar-refractivity contribution in [2.75, 3.05) is 0 Å². The number of aromatic amines is 1. The Morgan fingerprint density at radius 3 is 2.56 bits per heavy atom. The number of nitrogens with zero attached hydrogens (tertiary/aromatic N) is 1. The molecule has 4 rings (SSSR count). The summed E-state index contributed by atoms with van der Waals surface area (Å²) in [5, 5.41) is 5.00. The zero-order valence-corrected chi connectivity index (χ0v) is 16.2. The third kappa shape index (κ3) is 3.70. The number of quaternary nitrogens is 1. The van der Waals surface area contributed by atoms with Crippen molar-refractivity contribution in [2.24, 2.45) is 0 Å². The number of H-pyrrole nitrogens is 1. The molecule has 2 heterocycles. The Balaban J connectivity index is 1.69. The second-order valence-corrected chi connectivity index (χ2v) is 7.83. The highest BCUT2D eigenvalue weighted by molar-refractivity contribution is 7.10. The maximum Gasteiger partial charge on any atom is 0.258 e. The van der Waals surface area contributed by atoms with Crippen LogP contribution in [-0.2, 0) is 0 Å². The third-order valence-corrected chi connectivity index (χ3v) is 5.79. The highest BCUT2D eigenvalue weighted by Gasteiger charge is 2.24. The molecule has 0 spiro atoms. The summed E-state index contributed by atoms with van der Waals surface area (Å²) in [6.07, 6.45) is 0. The standard InChI is InChI=1S/C22H21N3OS/c1-14-9-11-16(12-10-14)20(19-8-5-13-27-19)23-15(2)21-24-18-7-4-3-6-17(18)22(26)25-21/h3-13,15,20,23H,1-2H3,(H,24,25,26)/p+1/t15-,20-/m0/s1. The number of nitrogens with two attached hydrogens (primary N) is 1. The Morgan fingerprint density at radius 2 is 1.81 bits per heavy atom. The molecule has 4 aromatic rings. The van der Waals surface area contributed by atoms with E-state index in [4.69, 9.17) is 4.98 Å². The van der Waals surface area contributed by atoms with Gasteiger partial charge in [-0.15, -0.1) is 11.3 Å². The number of hydrogen-bond acceptors (Lipinski definition) is 3. The summed E-state index contributed by atoms with van der Waals surface area (Å²) in [6, 6.07) is 20.5. The average molecular weight is 377 g/mol. The molecular formula is C22H22N3OS+. The molecular weight excluding hydrogens is 354 g/mol. The highest BCUT2D eigenvalue weighted by atomic mass is 32.1. The van der Waals surface area contributed by atoms with Gasteiger partial charge in [-0.1, -0.05) is 48.0 Å². The number of hydrogen-bond donors (Lipinski definition) is 2. The number of rotatable bonds is 5. The Labute approximate surface area is 161 Å². The first kappa shape index (κ1) is 17.6. The average Bonchev–Trinajstić information content (AvgIpc) is 3.21. The maximum atomic E-state index is 12.4. The van der Waals surface area contributed by atoms with Crippen molar-refractivity contribution >= 4 is 22.2 Å². The van der Waals surface area contributed by atoms with Crippen LogP contribution in [0.25, 0.3) is 10.9 Å². The van der Waals surface area contributed by atoms with E-state index in [0.29, 0.717) is 11.2 Å². The van der Waals surface area contributed by atoms with E-state index >= 15 is 0 Å². The van der Waals surface area contributed by atoms with Gasteiger partial charge in [0, 0.05) is 5.56 Å². The summed E-state index contributed by atoms with van der Waals surface area (Å²) in [6.45, 7) is 4.18. The molecule has 136 valence electrons. The summed E-state index contributed by atoms with van der Waals surface area (Å²) in [5.74, 6) is 0.701. The van der Waals surface area contributed by atoms with Crippen LogP contribution < -0.4 is 10.9 Å². The zero-order chi connectivity index (χ0) is 18.8. The Kier molecular flexibility index (Phi) is 4.88. The minimum absolute atomic E-state index is 0.00992. The number of aromatic nitrogens is 2. The summed E-state index contributed by atoms with van der Waals surface area (Å²) in [4.78, 5) is 21.4. The first-order valence-electron chi connectivity index (χ1n) is 9.06. The van der Waals surface area contributed by atoms with E-state index in [-0.39, 0.29) is 17.6 Å². The second-order valence-electron chi connectivity index (χ2n) is 6.85. The molecule has 4 nitrogen and oxygen atoms in total. The fraction of sp³-hybridized carbons (Fsp3) is 0.182. The molecule has 2 atom stereocenters. The molecule has 3 N–H and O–H groups in total. The van der Waals surface area contributed by atoms with Crippen molar-refractivity contribution in [1.82, 2.24) is 9.97 Å². The predicted octanol–water partition coefficient (Wildman–Crippen LogP) is 3.71. The predicted molar refractivity (Wildman–Crippen MR) is 110 cm³/mol. The first-order valence-corrected chi connectivity index (χ1v) is 9.93. The molecule has 0 saturated carbocycles. The molecule has 0 fully saturated rings. The van der Waals surface area contributed by atoms with Crippen molar-refractivity contribution in [2.45, 2.75) is 25.9 Å². The smallest absolute Gasteiger partial charge is 0.258 e. The molecule has 0 radical (unpaired) electrons. The van der Waals surface area contributed by atoms with Gasteiger partial charge in [-0.2, -0.15) is 0 Å². The van der Waals surface area contributed by atoms with Crippen molar-refractivity contribution in [1.29, 1.82) is 0 Å². The lowest BCUT2D eigenvalue weighted by atomic mass is 10.0. The highest BCUT2D eigenvalue weighted by Crippen LogP contribution is 2.24. The van der Waals surface area contributed by atoms with Crippen LogP contribution in [0.5, 0.6) is 0 Å². The van der Waals surface area contributed by atoms with Gasteiger partial charge in [-0.3, -0.25) is 4.79 Å². The summed E-state index contributed by atoms with van der Waals surface area (Å²) < 4.78 is 0. The van der Waals surface area contributed by atoms with Crippen molar-refractivity contribution < 1.29 is 5.32 Å². The number of thiophene rings is 1. The lowest BCUT2D eigenvalue weighted by molar-refractivity contribution is -0.723. The Morgan fingerprint density at radius 1 is 1.04 bits per heavy atom. The largest absolute Gasteiger partial charge is 0.327 e. The van der Waals surface area contributed by atoms with Gasteiger partial charge in [0.25, 0.3) is 5.56 Å². The minimum Gasteiger partial charge on any atom is -0.327 e. The van der Waals surface area contributed by atoms with Gasteiger partial charge in [-0.05, 0) is 37.4 Å². The van der Waals surface area contributed by atoms with Crippen LogP contribution in [0, 0.1) is 6.92 Å². The van der Waals surface area contributed by atoms with Crippen molar-refractivity contribution in [3.05, 3.63) is 98.2 Å². The monoisotopic (exact) mass is 376 g/mol. The van der Waals surface area contributed by atoms with E-state index < -0.39 is 0 Å². The number of benzene rings is 2. The van der Waals surface area contributed by atoms with Crippen LogP contribution in [0.1, 0.15) is 40.8 Å². The molecule has 0 aliphatic heterocycles. The molecule has 5 heteroatoms. The SMILES string of the molecule is Cc1ccc([C@H]([NH2+][C@@H](C)c2nc3ccccc3c(=O)[nH]2)c2cccs2)cc1. The van der Waals surface area contributed by atoms with Crippen molar-refractivity contribution in [3.8, 4) is 0 Å². The van der Waals surface area contributed by atoms with Crippen LogP contribution >= 0.6 is 11.3 Å². The molecule has 0 amide bonds. The lowest BCUT2D eigenvalue weighted by Gasteiger charge is -2.19. The van der Waals surface area contributed by atoms with Crippen LogP contribution in [0.15, 0.2) is 70.8 Å². The third-order valence-electron chi connectivity index (χ3n) is 4.83. The summed E-state index contributed by atoms with van der Waals surface area (Å²) >= 11 is 1.75. The second kappa shape index (κ2) is 7.47. The van der Waals surface area contributed by atoms with E-state index in [1.54, 1.807) is 17.4 Å². The molecule has 0 saturated heterocycles. The van der Waals surface area contributed by atoms with Crippen LogP contribution in [0.3, 0.4) is 0 Å². The molecule has 0 bridgehead atoms. The van der Waals surface area contributed by atoms with E-state index in [0.717, 1.165) is 5.52 Å². The van der Waals surface area contributed by atoms with Crippen LogP contribution in [0.4, 0.5) is 0 Å². The van der Waals surface area contributed by atoms with Gasteiger partial charge in [-0.25, -0.2) is 4.98 Å². The van der Waals surface area contributed by atoms with Crippen LogP contribution in [0.2, 0.25) is 0 Å². The van der Waals surface area contributed by atoms with Gasteiger partial charge in [0.2, 0.25) is 0 Å². The molecule has 2 aromatic heterocycles. The Bertz CT molecular complexity index is 1100. The number of para-hydroxylation sites is 1. The summed E-state index contributed by atoms with van der Waals surface area (Å²) in [7, 11) is 0. The van der Waals surface area contributed by atoms with E-state index in [1.807, 2.05) is 18.2 Å². The minimum atomic E-state index is -0.0844. The van der Waals surface area contributed by atoms with E-state index in [9.17, 15) is 4.79 Å². The number of nitrogens with one attached hydrogen (secondary N) is 1. The van der Waals surface area contributed by atoms with Gasteiger partial charge >= 0.3 is 0 Å². The van der Waals surface area contributed by atoms with E-state index in [1.165, 1.54) is 16.0 Å². The maximum absolute atomic E-state index is 12.4. The fourth-order valence-electron chi connectivity index (χ4n) is 3.31. The first-order chi connectivity index (χ1) is 13.1. The topological polar surface area (TPSA) is 62.4 Å². The molecule has 2 aromatic carbocycles. The Hall–Kier alpha value is -2.76. The van der Waals surface area contributed by atoms with Crippen molar-refractivity contribution in [3.63, 3.8) is 0 Å². The molecule has 27 heavy (non-hydrogen) atoms. The van der Waals surface area contributed by atoms with Gasteiger partial charge in [0.1, 0.15) is 12.1 Å². The number of fused-ring (bicyclic) bond motifs is 1. The quantitative estimate of drug-likeness (QED) is 0.558.